The number of rotatable bonds is 6. The zero-order valence-electron chi connectivity index (χ0n) is 17.5. The summed E-state index contributed by atoms with van der Waals surface area (Å²) in [7, 11) is 0. The van der Waals surface area contributed by atoms with Crippen LogP contribution >= 0.6 is 0 Å². The van der Waals surface area contributed by atoms with Crippen molar-refractivity contribution in [3.8, 4) is 22.8 Å². The topological polar surface area (TPSA) is 72.3 Å². The van der Waals surface area contributed by atoms with Crippen molar-refractivity contribution in [3.05, 3.63) is 85.7 Å². The van der Waals surface area contributed by atoms with Gasteiger partial charge in [0.05, 0.1) is 11.9 Å². The highest BCUT2D eigenvalue weighted by Gasteiger charge is 2.28. The Morgan fingerprint density at radius 1 is 1.09 bits per heavy atom. The third kappa shape index (κ3) is 3.80. The molecule has 5 rings (SSSR count). The summed E-state index contributed by atoms with van der Waals surface area (Å²) in [5, 5.41) is 10.7. The van der Waals surface area contributed by atoms with E-state index in [9.17, 15) is 4.79 Å². The molecule has 2 aromatic carbocycles. The number of hydrogen-bond donors (Lipinski definition) is 1. The molecule has 7 nitrogen and oxygen atoms in total. The first kappa shape index (κ1) is 19.8. The predicted molar refractivity (Wildman–Crippen MR) is 124 cm³/mol. The fraction of sp³-hybridized carbons (Fsp3) is 0.160. The molecule has 160 valence electrons. The molecular formula is C25H23N5O2. The van der Waals surface area contributed by atoms with E-state index in [4.69, 9.17) is 4.74 Å². The minimum Gasteiger partial charge on any atom is -0.457 e. The van der Waals surface area contributed by atoms with E-state index < -0.39 is 0 Å². The van der Waals surface area contributed by atoms with Gasteiger partial charge in [-0.2, -0.15) is 9.89 Å². The van der Waals surface area contributed by atoms with Crippen LogP contribution in [0.3, 0.4) is 0 Å². The molecule has 1 unspecified atom stereocenters. The molecule has 1 aliphatic rings. The molecular weight excluding hydrogens is 402 g/mol. The van der Waals surface area contributed by atoms with Crippen molar-refractivity contribution in [1.29, 1.82) is 0 Å². The largest absolute Gasteiger partial charge is 0.457 e. The summed E-state index contributed by atoms with van der Waals surface area (Å²) in [6.07, 6.45) is 6.59. The molecule has 32 heavy (non-hydrogen) atoms. The third-order valence-corrected chi connectivity index (χ3v) is 5.53. The Kier molecular flexibility index (Phi) is 5.29. The van der Waals surface area contributed by atoms with E-state index in [1.165, 1.54) is 6.08 Å². The van der Waals surface area contributed by atoms with Gasteiger partial charge in [0.25, 0.3) is 0 Å². The quantitative estimate of drug-likeness (QED) is 0.468. The number of aromatic nitrogens is 3. The summed E-state index contributed by atoms with van der Waals surface area (Å²) in [6.45, 7) is 4.34. The molecule has 3 heterocycles. The lowest BCUT2D eigenvalue weighted by Crippen LogP contribution is -2.49. The number of amides is 1. The smallest absolute Gasteiger partial charge is 0.245 e. The standard InChI is InChI=1S/C25H23N5O2/c1-2-23(31)28-22-9-6-16-29(22)30-25-19(17-27-30)14-15-26-24(25)18-10-12-21(13-11-18)32-20-7-4-3-5-8-20/h2-5,7-8,10-15,17,22H,1,6,9,16H2,(H,28,31). The van der Waals surface area contributed by atoms with Crippen molar-refractivity contribution < 1.29 is 9.53 Å². The molecule has 7 heteroatoms. The number of pyridine rings is 1. The lowest BCUT2D eigenvalue weighted by atomic mass is 10.1. The van der Waals surface area contributed by atoms with Crippen molar-refractivity contribution in [2.24, 2.45) is 0 Å². The van der Waals surface area contributed by atoms with Crippen LogP contribution in [0.5, 0.6) is 11.5 Å². The highest BCUT2D eigenvalue weighted by Crippen LogP contribution is 2.30. The Bertz CT molecular complexity index is 1250. The first-order valence-electron chi connectivity index (χ1n) is 10.6. The van der Waals surface area contributed by atoms with Crippen LogP contribution in [0, 0.1) is 0 Å². The minimum atomic E-state index is -0.189. The summed E-state index contributed by atoms with van der Waals surface area (Å²) in [4.78, 5) is 18.4. The van der Waals surface area contributed by atoms with Gasteiger partial charge in [0.1, 0.15) is 23.2 Å². The number of nitrogens with zero attached hydrogens (tertiary/aromatic N) is 4. The molecule has 2 aromatic heterocycles. The van der Waals surface area contributed by atoms with Gasteiger partial charge in [-0.05, 0) is 61.4 Å². The molecule has 0 saturated carbocycles. The maximum atomic E-state index is 11.9. The lowest BCUT2D eigenvalue weighted by molar-refractivity contribution is -0.117. The Morgan fingerprint density at radius 3 is 2.66 bits per heavy atom. The SMILES string of the molecule is C=CC(=O)NC1CCCN1n1ncc2ccnc(-c3ccc(Oc4ccccc4)cc3)c21. The molecule has 4 aromatic rings. The van der Waals surface area contributed by atoms with Gasteiger partial charge in [0, 0.05) is 23.7 Å². The number of benzene rings is 2. The zero-order valence-corrected chi connectivity index (χ0v) is 17.5. The third-order valence-electron chi connectivity index (χ3n) is 5.53. The number of para-hydroxylation sites is 1. The van der Waals surface area contributed by atoms with Gasteiger partial charge in [0.15, 0.2) is 0 Å². The number of fused-ring (bicyclic) bond motifs is 1. The van der Waals surface area contributed by atoms with Crippen molar-refractivity contribution >= 4 is 16.8 Å². The van der Waals surface area contributed by atoms with Crippen LogP contribution < -0.4 is 15.1 Å². The lowest BCUT2D eigenvalue weighted by Gasteiger charge is -2.27. The number of hydrogen-bond acceptors (Lipinski definition) is 5. The molecule has 1 atom stereocenters. The molecule has 0 radical (unpaired) electrons. The first-order chi connectivity index (χ1) is 15.7. The van der Waals surface area contributed by atoms with Crippen LogP contribution in [-0.2, 0) is 4.79 Å². The van der Waals surface area contributed by atoms with Gasteiger partial charge >= 0.3 is 0 Å². The van der Waals surface area contributed by atoms with E-state index >= 15 is 0 Å². The molecule has 1 N–H and O–H groups in total. The van der Waals surface area contributed by atoms with Crippen molar-refractivity contribution in [3.63, 3.8) is 0 Å². The predicted octanol–water partition coefficient (Wildman–Crippen LogP) is 4.25. The van der Waals surface area contributed by atoms with Crippen LogP contribution in [0.4, 0.5) is 0 Å². The first-order valence-corrected chi connectivity index (χ1v) is 10.6. The van der Waals surface area contributed by atoms with E-state index in [-0.39, 0.29) is 12.1 Å². The van der Waals surface area contributed by atoms with Gasteiger partial charge in [-0.25, -0.2) is 0 Å². The number of ether oxygens (including phenoxy) is 1. The monoisotopic (exact) mass is 425 g/mol. The highest BCUT2D eigenvalue weighted by molar-refractivity contribution is 5.92. The van der Waals surface area contributed by atoms with Crippen LogP contribution in [0.2, 0.25) is 0 Å². The molecule has 0 bridgehead atoms. The fourth-order valence-corrected chi connectivity index (χ4v) is 4.02. The van der Waals surface area contributed by atoms with Crippen molar-refractivity contribution in [2.45, 2.75) is 19.0 Å². The van der Waals surface area contributed by atoms with Crippen LogP contribution in [0.15, 0.2) is 85.7 Å². The second kappa shape index (κ2) is 8.55. The molecule has 0 spiro atoms. The van der Waals surface area contributed by atoms with E-state index in [1.807, 2.05) is 71.7 Å². The normalized spacial score (nSPS) is 15.6. The van der Waals surface area contributed by atoms with Crippen molar-refractivity contribution in [2.75, 3.05) is 11.6 Å². The number of nitrogens with one attached hydrogen (secondary N) is 1. The molecule has 1 amide bonds. The van der Waals surface area contributed by atoms with Crippen molar-refractivity contribution in [1.82, 2.24) is 20.2 Å². The zero-order chi connectivity index (χ0) is 21.9. The van der Waals surface area contributed by atoms with Crippen LogP contribution in [0.1, 0.15) is 12.8 Å². The van der Waals surface area contributed by atoms with Crippen LogP contribution in [-0.4, -0.2) is 33.5 Å². The van der Waals surface area contributed by atoms with Gasteiger partial charge in [-0.15, -0.1) is 0 Å². The Morgan fingerprint density at radius 2 is 1.88 bits per heavy atom. The minimum absolute atomic E-state index is 0.140. The molecule has 1 fully saturated rings. The van der Waals surface area contributed by atoms with Gasteiger partial charge < -0.3 is 10.1 Å². The number of carbonyl (C=O) groups excluding carboxylic acids is 1. The second-order valence-corrected chi connectivity index (χ2v) is 7.60. The maximum Gasteiger partial charge on any atom is 0.245 e. The summed E-state index contributed by atoms with van der Waals surface area (Å²) in [5.41, 5.74) is 2.69. The van der Waals surface area contributed by atoms with E-state index in [2.05, 4.69) is 27.0 Å². The number of carbonyl (C=O) groups is 1. The summed E-state index contributed by atoms with van der Waals surface area (Å²) in [6, 6.07) is 19.5. The van der Waals surface area contributed by atoms with E-state index in [0.717, 1.165) is 53.0 Å². The fourth-order valence-electron chi connectivity index (χ4n) is 4.02. The van der Waals surface area contributed by atoms with Crippen LogP contribution in [0.25, 0.3) is 22.2 Å². The maximum absolute atomic E-state index is 11.9. The average molecular weight is 425 g/mol. The Balaban J connectivity index is 1.48. The molecule has 1 aliphatic heterocycles. The summed E-state index contributed by atoms with van der Waals surface area (Å²) in [5.74, 6) is 1.36. The summed E-state index contributed by atoms with van der Waals surface area (Å²) < 4.78 is 5.91. The molecule has 0 aliphatic carbocycles. The molecule has 1 saturated heterocycles. The summed E-state index contributed by atoms with van der Waals surface area (Å²) >= 11 is 0. The second-order valence-electron chi connectivity index (χ2n) is 7.60. The highest BCUT2D eigenvalue weighted by atomic mass is 16.5. The van der Waals surface area contributed by atoms with Gasteiger partial charge in [-0.3, -0.25) is 14.8 Å². The van der Waals surface area contributed by atoms with E-state index in [0.29, 0.717) is 0 Å². The van der Waals surface area contributed by atoms with Gasteiger partial charge in [0.2, 0.25) is 5.91 Å². The Hall–Kier alpha value is -4.13. The average Bonchev–Trinajstić information content (AvgIpc) is 3.46. The van der Waals surface area contributed by atoms with Gasteiger partial charge in [-0.1, -0.05) is 24.8 Å². The van der Waals surface area contributed by atoms with E-state index in [1.54, 1.807) is 6.20 Å². The Labute approximate surface area is 185 Å².